The van der Waals surface area contributed by atoms with Crippen molar-refractivity contribution in [1.29, 1.82) is 0 Å². The second kappa shape index (κ2) is 6.83. The second-order valence-electron chi connectivity index (χ2n) is 7.07. The van der Waals surface area contributed by atoms with Gasteiger partial charge in [-0.05, 0) is 43.0 Å². The molecule has 0 aromatic heterocycles. The maximum Gasteiger partial charge on any atom is 0.253 e. The topological polar surface area (TPSA) is 52.7 Å². The molecule has 0 radical (unpaired) electrons. The molecule has 2 aliphatic rings. The van der Waals surface area contributed by atoms with Crippen LogP contribution in [0.5, 0.6) is 0 Å². The molecule has 26 heavy (non-hydrogen) atoms. The summed E-state index contributed by atoms with van der Waals surface area (Å²) < 4.78 is 0. The highest BCUT2D eigenvalue weighted by atomic mass is 16.2. The van der Waals surface area contributed by atoms with Crippen molar-refractivity contribution in [3.05, 3.63) is 59.7 Å². The van der Waals surface area contributed by atoms with E-state index in [9.17, 15) is 9.59 Å². The summed E-state index contributed by atoms with van der Waals surface area (Å²) in [5.41, 5.74) is 3.45. The Bertz CT molecular complexity index is 834. The van der Waals surface area contributed by atoms with Gasteiger partial charge in [-0.1, -0.05) is 30.3 Å². The Labute approximate surface area is 153 Å². The summed E-state index contributed by atoms with van der Waals surface area (Å²) in [6, 6.07) is 15.5. The summed E-state index contributed by atoms with van der Waals surface area (Å²) in [5, 5.41) is 2.99. The lowest BCUT2D eigenvalue weighted by Gasteiger charge is -2.41. The average molecular weight is 349 g/mol. The van der Waals surface area contributed by atoms with Gasteiger partial charge < -0.3 is 15.1 Å². The van der Waals surface area contributed by atoms with Gasteiger partial charge in [-0.15, -0.1) is 0 Å². The zero-order valence-electron chi connectivity index (χ0n) is 14.9. The second-order valence-corrected chi connectivity index (χ2v) is 7.07. The Kier molecular flexibility index (Phi) is 4.37. The minimum atomic E-state index is -0.0708. The minimum Gasteiger partial charge on any atom is -0.358 e. The molecule has 0 saturated carbocycles. The van der Waals surface area contributed by atoms with Crippen LogP contribution in [0.2, 0.25) is 0 Å². The van der Waals surface area contributed by atoms with Crippen molar-refractivity contribution in [3.8, 4) is 0 Å². The molecule has 1 N–H and O–H groups in total. The monoisotopic (exact) mass is 349 g/mol. The number of benzene rings is 2. The van der Waals surface area contributed by atoms with E-state index in [1.807, 2.05) is 48.5 Å². The lowest BCUT2D eigenvalue weighted by atomic mass is 9.96. The molecule has 2 amide bonds. The van der Waals surface area contributed by atoms with Crippen LogP contribution in [0.15, 0.2) is 48.5 Å². The van der Waals surface area contributed by atoms with Crippen molar-refractivity contribution in [1.82, 2.24) is 4.90 Å². The first kappa shape index (κ1) is 16.6. The number of rotatable bonds is 3. The zero-order valence-corrected chi connectivity index (χ0v) is 14.9. The Hall–Kier alpha value is -2.82. The Morgan fingerprint density at radius 3 is 2.81 bits per heavy atom. The van der Waals surface area contributed by atoms with Crippen LogP contribution in [0.4, 0.5) is 11.4 Å². The van der Waals surface area contributed by atoms with E-state index >= 15 is 0 Å². The molecule has 0 spiro atoms. The van der Waals surface area contributed by atoms with Crippen LogP contribution in [0.25, 0.3) is 0 Å². The molecule has 2 aromatic rings. The molecule has 5 heteroatoms. The Morgan fingerprint density at radius 2 is 2.00 bits per heavy atom. The molecule has 1 fully saturated rings. The molecule has 4 rings (SSSR count). The standard InChI is InChI=1S/C21H23N3O2/c1-23(14-15-7-3-2-4-8-15)21(26)16-10-11-18-17(13-16)22-20(25)19-9-5-6-12-24(18)19/h2-4,7-8,10-11,13,19H,5-6,9,12,14H2,1H3,(H,22,25). The highest BCUT2D eigenvalue weighted by Crippen LogP contribution is 2.36. The van der Waals surface area contributed by atoms with Gasteiger partial charge in [0.2, 0.25) is 5.91 Å². The molecule has 2 aromatic carbocycles. The fourth-order valence-corrected chi connectivity index (χ4v) is 3.88. The van der Waals surface area contributed by atoms with Gasteiger partial charge >= 0.3 is 0 Å². The van der Waals surface area contributed by atoms with Crippen LogP contribution < -0.4 is 10.2 Å². The lowest BCUT2D eigenvalue weighted by Crippen LogP contribution is -2.50. The number of nitrogens with zero attached hydrogens (tertiary/aromatic N) is 2. The number of carbonyl (C=O) groups is 2. The van der Waals surface area contributed by atoms with Crippen molar-refractivity contribution in [2.75, 3.05) is 23.8 Å². The van der Waals surface area contributed by atoms with Gasteiger partial charge in [0.05, 0.1) is 11.4 Å². The number of piperidine rings is 1. The minimum absolute atomic E-state index is 0.0411. The van der Waals surface area contributed by atoms with E-state index in [-0.39, 0.29) is 17.9 Å². The van der Waals surface area contributed by atoms with Crippen LogP contribution in [0, 0.1) is 0 Å². The van der Waals surface area contributed by atoms with Gasteiger partial charge in [0, 0.05) is 25.7 Å². The number of amides is 2. The highest BCUT2D eigenvalue weighted by molar-refractivity contribution is 6.05. The first-order valence-electron chi connectivity index (χ1n) is 9.14. The Balaban J connectivity index is 1.56. The van der Waals surface area contributed by atoms with Crippen molar-refractivity contribution in [2.45, 2.75) is 31.8 Å². The number of nitrogens with one attached hydrogen (secondary N) is 1. The molecule has 1 unspecified atom stereocenters. The molecule has 1 saturated heterocycles. The highest BCUT2D eigenvalue weighted by Gasteiger charge is 2.34. The van der Waals surface area contributed by atoms with E-state index in [4.69, 9.17) is 0 Å². The summed E-state index contributed by atoms with van der Waals surface area (Å²) in [6.07, 6.45) is 3.08. The molecule has 2 heterocycles. The predicted octanol–water partition coefficient (Wildman–Crippen LogP) is 3.27. The van der Waals surface area contributed by atoms with Gasteiger partial charge in [-0.3, -0.25) is 9.59 Å². The van der Waals surface area contributed by atoms with E-state index in [1.165, 1.54) is 0 Å². The number of fused-ring (bicyclic) bond motifs is 3. The zero-order chi connectivity index (χ0) is 18.1. The SMILES string of the molecule is CN(Cc1ccccc1)C(=O)c1ccc2c(c1)NC(=O)C1CCCCN21. The normalized spacial score (nSPS) is 18.6. The van der Waals surface area contributed by atoms with Gasteiger partial charge in [-0.2, -0.15) is 0 Å². The van der Waals surface area contributed by atoms with Crippen molar-refractivity contribution < 1.29 is 9.59 Å². The molecule has 5 nitrogen and oxygen atoms in total. The van der Waals surface area contributed by atoms with Crippen LogP contribution in [0.1, 0.15) is 35.2 Å². The number of carbonyl (C=O) groups excluding carboxylic acids is 2. The third-order valence-corrected chi connectivity index (χ3v) is 5.23. The predicted molar refractivity (Wildman–Crippen MR) is 102 cm³/mol. The first-order valence-corrected chi connectivity index (χ1v) is 9.14. The fourth-order valence-electron chi connectivity index (χ4n) is 3.88. The molecule has 1 atom stereocenters. The molecular formula is C21H23N3O2. The quantitative estimate of drug-likeness (QED) is 0.925. The molecular weight excluding hydrogens is 326 g/mol. The van der Waals surface area contributed by atoms with E-state index in [0.717, 1.165) is 42.7 Å². The number of anilines is 2. The maximum atomic E-state index is 12.8. The summed E-state index contributed by atoms with van der Waals surface area (Å²) >= 11 is 0. The molecule has 134 valence electrons. The van der Waals surface area contributed by atoms with E-state index in [1.54, 1.807) is 11.9 Å². The first-order chi connectivity index (χ1) is 12.6. The third-order valence-electron chi connectivity index (χ3n) is 5.23. The summed E-state index contributed by atoms with van der Waals surface area (Å²) in [7, 11) is 1.80. The number of hydrogen-bond donors (Lipinski definition) is 1. The largest absolute Gasteiger partial charge is 0.358 e. The summed E-state index contributed by atoms with van der Waals surface area (Å²) in [4.78, 5) is 29.1. The smallest absolute Gasteiger partial charge is 0.253 e. The maximum absolute atomic E-state index is 12.8. The summed E-state index contributed by atoms with van der Waals surface area (Å²) in [6.45, 7) is 1.45. The lowest BCUT2D eigenvalue weighted by molar-refractivity contribution is -0.118. The third kappa shape index (κ3) is 3.05. The molecule has 0 bridgehead atoms. The van der Waals surface area contributed by atoms with Crippen molar-refractivity contribution in [2.24, 2.45) is 0 Å². The average Bonchev–Trinajstić information content (AvgIpc) is 2.68. The molecule has 0 aliphatic carbocycles. The van der Waals surface area contributed by atoms with E-state index in [2.05, 4.69) is 10.2 Å². The van der Waals surface area contributed by atoms with Crippen LogP contribution in [0.3, 0.4) is 0 Å². The van der Waals surface area contributed by atoms with Crippen LogP contribution in [-0.4, -0.2) is 36.3 Å². The van der Waals surface area contributed by atoms with Crippen LogP contribution >= 0.6 is 0 Å². The van der Waals surface area contributed by atoms with Gasteiger partial charge in [0.25, 0.3) is 5.91 Å². The van der Waals surface area contributed by atoms with E-state index in [0.29, 0.717) is 12.1 Å². The van der Waals surface area contributed by atoms with Crippen molar-refractivity contribution in [3.63, 3.8) is 0 Å². The van der Waals surface area contributed by atoms with Crippen molar-refractivity contribution >= 4 is 23.2 Å². The Morgan fingerprint density at radius 1 is 1.19 bits per heavy atom. The van der Waals surface area contributed by atoms with Gasteiger partial charge in [0.1, 0.15) is 6.04 Å². The van der Waals surface area contributed by atoms with Gasteiger partial charge in [-0.25, -0.2) is 0 Å². The molecule has 2 aliphatic heterocycles. The van der Waals surface area contributed by atoms with Crippen LogP contribution in [-0.2, 0) is 11.3 Å². The van der Waals surface area contributed by atoms with E-state index < -0.39 is 0 Å². The summed E-state index contributed by atoms with van der Waals surface area (Å²) in [5.74, 6) is -0.00823. The number of hydrogen-bond acceptors (Lipinski definition) is 3. The van der Waals surface area contributed by atoms with Gasteiger partial charge in [0.15, 0.2) is 0 Å². The fraction of sp³-hybridized carbons (Fsp3) is 0.333.